The van der Waals surface area contributed by atoms with Gasteiger partial charge < -0.3 is 0 Å². The first kappa shape index (κ1) is 8.92. The van der Waals surface area contributed by atoms with E-state index in [9.17, 15) is 4.79 Å². The standard InChI is InChI=1S/C6H12ClNO/c1-3-8(4-2)5-6(7)9/h3-5H2,1-2H3. The van der Waals surface area contributed by atoms with E-state index < -0.39 is 0 Å². The molecule has 0 aromatic carbocycles. The summed E-state index contributed by atoms with van der Waals surface area (Å²) in [5.74, 6) is 0. The third-order valence-electron chi connectivity index (χ3n) is 1.24. The maximum absolute atomic E-state index is 10.3. The van der Waals surface area contributed by atoms with E-state index in [1.54, 1.807) is 0 Å². The molecule has 0 rings (SSSR count). The number of likely N-dealkylation sites (N-methyl/N-ethyl adjacent to an activating group) is 1. The predicted octanol–water partition coefficient (Wildman–Crippen LogP) is 1.09. The summed E-state index contributed by atoms with van der Waals surface area (Å²) in [5, 5.41) is -0.279. The number of rotatable bonds is 4. The fourth-order valence-corrected chi connectivity index (χ4v) is 0.792. The Balaban J connectivity index is 3.43. The van der Waals surface area contributed by atoms with Gasteiger partial charge in [-0.2, -0.15) is 0 Å². The summed E-state index contributed by atoms with van der Waals surface area (Å²) in [6.07, 6.45) is 0. The van der Waals surface area contributed by atoms with Crippen molar-refractivity contribution in [2.75, 3.05) is 19.6 Å². The second kappa shape index (κ2) is 4.77. The van der Waals surface area contributed by atoms with E-state index in [4.69, 9.17) is 11.6 Å². The third kappa shape index (κ3) is 4.43. The van der Waals surface area contributed by atoms with E-state index in [0.717, 1.165) is 13.1 Å². The van der Waals surface area contributed by atoms with Gasteiger partial charge in [-0.3, -0.25) is 9.69 Å². The first-order chi connectivity index (χ1) is 4.20. The largest absolute Gasteiger partial charge is 0.296 e. The lowest BCUT2D eigenvalue weighted by atomic mass is 10.5. The Labute approximate surface area is 60.8 Å². The van der Waals surface area contributed by atoms with Gasteiger partial charge in [-0.15, -0.1) is 0 Å². The van der Waals surface area contributed by atoms with E-state index in [1.165, 1.54) is 0 Å². The van der Waals surface area contributed by atoms with E-state index in [-0.39, 0.29) is 5.24 Å². The van der Waals surface area contributed by atoms with E-state index in [1.807, 2.05) is 18.7 Å². The van der Waals surface area contributed by atoms with E-state index in [2.05, 4.69) is 0 Å². The van der Waals surface area contributed by atoms with E-state index in [0.29, 0.717) is 6.54 Å². The van der Waals surface area contributed by atoms with Gasteiger partial charge in [0.05, 0.1) is 6.54 Å². The molecule has 3 heteroatoms. The van der Waals surface area contributed by atoms with Gasteiger partial charge in [0.1, 0.15) is 0 Å². The highest BCUT2D eigenvalue weighted by Gasteiger charge is 2.01. The lowest BCUT2D eigenvalue weighted by Crippen LogP contribution is -2.27. The van der Waals surface area contributed by atoms with Gasteiger partial charge >= 0.3 is 0 Å². The van der Waals surface area contributed by atoms with Crippen LogP contribution in [-0.2, 0) is 4.79 Å². The van der Waals surface area contributed by atoms with Gasteiger partial charge in [-0.25, -0.2) is 0 Å². The normalized spacial score (nSPS) is 10.2. The summed E-state index contributed by atoms with van der Waals surface area (Å²) in [4.78, 5) is 12.3. The molecule has 0 radical (unpaired) electrons. The van der Waals surface area contributed by atoms with Gasteiger partial charge in [0.2, 0.25) is 5.24 Å². The summed E-state index contributed by atoms with van der Waals surface area (Å²) < 4.78 is 0. The summed E-state index contributed by atoms with van der Waals surface area (Å²) in [7, 11) is 0. The highest BCUT2D eigenvalue weighted by atomic mass is 35.5. The summed E-state index contributed by atoms with van der Waals surface area (Å²) in [6.45, 7) is 6.14. The number of hydrogen-bond donors (Lipinski definition) is 0. The van der Waals surface area contributed by atoms with Crippen molar-refractivity contribution >= 4 is 16.8 Å². The molecule has 0 aromatic rings. The van der Waals surface area contributed by atoms with Crippen LogP contribution in [0.2, 0.25) is 0 Å². The van der Waals surface area contributed by atoms with Crippen molar-refractivity contribution in [1.82, 2.24) is 4.90 Å². The predicted molar refractivity (Wildman–Crippen MR) is 38.6 cm³/mol. The van der Waals surface area contributed by atoms with Crippen LogP contribution in [0.4, 0.5) is 0 Å². The molecule has 0 aliphatic heterocycles. The molecule has 0 aliphatic rings. The van der Waals surface area contributed by atoms with Crippen molar-refractivity contribution in [3.63, 3.8) is 0 Å². The Hall–Kier alpha value is -0.0800. The zero-order valence-corrected chi connectivity index (χ0v) is 6.61. The molecule has 0 amide bonds. The van der Waals surface area contributed by atoms with Gasteiger partial charge in [0, 0.05) is 0 Å². The lowest BCUT2D eigenvalue weighted by Gasteiger charge is -2.13. The Morgan fingerprint density at radius 2 is 1.89 bits per heavy atom. The second-order valence-electron chi connectivity index (χ2n) is 1.82. The number of halogens is 1. The molecular weight excluding hydrogens is 138 g/mol. The van der Waals surface area contributed by atoms with Crippen LogP contribution < -0.4 is 0 Å². The lowest BCUT2D eigenvalue weighted by molar-refractivity contribution is -0.112. The number of nitrogens with zero attached hydrogens (tertiary/aromatic N) is 1. The Morgan fingerprint density at radius 3 is 2.00 bits per heavy atom. The molecule has 2 nitrogen and oxygen atoms in total. The van der Waals surface area contributed by atoms with Crippen LogP contribution in [0.15, 0.2) is 0 Å². The molecule has 0 spiro atoms. The van der Waals surface area contributed by atoms with Gasteiger partial charge in [0.25, 0.3) is 0 Å². The molecule has 0 saturated carbocycles. The van der Waals surface area contributed by atoms with Crippen molar-refractivity contribution in [1.29, 1.82) is 0 Å². The highest BCUT2D eigenvalue weighted by molar-refractivity contribution is 6.64. The van der Waals surface area contributed by atoms with E-state index >= 15 is 0 Å². The van der Waals surface area contributed by atoms with Crippen molar-refractivity contribution < 1.29 is 4.79 Å². The number of hydrogen-bond acceptors (Lipinski definition) is 2. The zero-order valence-electron chi connectivity index (χ0n) is 5.85. The molecule has 0 heterocycles. The van der Waals surface area contributed by atoms with Crippen LogP contribution in [0.1, 0.15) is 13.8 Å². The molecule has 0 saturated heterocycles. The SMILES string of the molecule is CCN(CC)CC(=O)Cl. The molecule has 0 N–H and O–H groups in total. The monoisotopic (exact) mass is 149 g/mol. The van der Waals surface area contributed by atoms with Crippen molar-refractivity contribution in [2.45, 2.75) is 13.8 Å². The smallest absolute Gasteiger partial charge is 0.235 e. The first-order valence-electron chi connectivity index (χ1n) is 3.11. The van der Waals surface area contributed by atoms with Crippen LogP contribution in [0.3, 0.4) is 0 Å². The Bertz CT molecular complexity index is 91.1. The molecule has 9 heavy (non-hydrogen) atoms. The molecule has 0 unspecified atom stereocenters. The van der Waals surface area contributed by atoms with Crippen LogP contribution in [0.25, 0.3) is 0 Å². The maximum atomic E-state index is 10.3. The van der Waals surface area contributed by atoms with Crippen molar-refractivity contribution in [3.8, 4) is 0 Å². The summed E-state index contributed by atoms with van der Waals surface area (Å²) >= 11 is 5.15. The second-order valence-corrected chi connectivity index (χ2v) is 2.24. The molecule has 0 fully saturated rings. The van der Waals surface area contributed by atoms with Gasteiger partial charge in [0.15, 0.2) is 0 Å². The van der Waals surface area contributed by atoms with Crippen LogP contribution in [-0.4, -0.2) is 29.8 Å². The minimum Gasteiger partial charge on any atom is -0.296 e. The molecule has 0 aromatic heterocycles. The zero-order chi connectivity index (χ0) is 7.28. The average molecular weight is 150 g/mol. The van der Waals surface area contributed by atoms with Crippen LogP contribution in [0, 0.1) is 0 Å². The highest BCUT2D eigenvalue weighted by Crippen LogP contribution is 1.88. The first-order valence-corrected chi connectivity index (χ1v) is 3.49. The number of carbonyl (C=O) groups excluding carboxylic acids is 1. The average Bonchev–Trinajstić information content (AvgIpc) is 1.82. The van der Waals surface area contributed by atoms with Gasteiger partial charge in [-0.05, 0) is 24.7 Å². The fraction of sp³-hybridized carbons (Fsp3) is 0.833. The van der Waals surface area contributed by atoms with Crippen LogP contribution in [0.5, 0.6) is 0 Å². The Kier molecular flexibility index (Phi) is 4.72. The maximum Gasteiger partial charge on any atom is 0.235 e. The molecule has 54 valence electrons. The summed E-state index contributed by atoms with van der Waals surface area (Å²) in [5.41, 5.74) is 0. The van der Waals surface area contributed by atoms with Crippen molar-refractivity contribution in [3.05, 3.63) is 0 Å². The number of carbonyl (C=O) groups is 1. The molecule has 0 atom stereocenters. The van der Waals surface area contributed by atoms with Crippen LogP contribution >= 0.6 is 11.6 Å². The quantitative estimate of drug-likeness (QED) is 0.558. The summed E-state index contributed by atoms with van der Waals surface area (Å²) in [6, 6.07) is 0. The Morgan fingerprint density at radius 1 is 1.44 bits per heavy atom. The minimum absolute atomic E-state index is 0.279. The molecule has 0 aliphatic carbocycles. The third-order valence-corrected chi connectivity index (χ3v) is 1.36. The minimum atomic E-state index is -0.279. The molecule has 0 bridgehead atoms. The topological polar surface area (TPSA) is 20.3 Å². The van der Waals surface area contributed by atoms with Gasteiger partial charge in [-0.1, -0.05) is 13.8 Å². The fourth-order valence-electron chi connectivity index (χ4n) is 0.623. The molecular formula is C6H12ClNO. The van der Waals surface area contributed by atoms with Crippen molar-refractivity contribution in [2.24, 2.45) is 0 Å².